The third-order valence-electron chi connectivity index (χ3n) is 3.88. The Labute approximate surface area is 132 Å². The van der Waals surface area contributed by atoms with E-state index in [1.165, 1.54) is 0 Å². The van der Waals surface area contributed by atoms with Crippen molar-refractivity contribution < 1.29 is 4.79 Å². The summed E-state index contributed by atoms with van der Waals surface area (Å²) in [7, 11) is 0. The first-order valence-corrected chi connectivity index (χ1v) is 8.22. The van der Waals surface area contributed by atoms with Crippen LogP contribution in [0.4, 0.5) is 0 Å². The molecule has 4 heteroatoms. The van der Waals surface area contributed by atoms with Gasteiger partial charge in [-0.2, -0.15) is 0 Å². The highest BCUT2D eigenvalue weighted by molar-refractivity contribution is 6.30. The molecule has 1 aromatic carbocycles. The van der Waals surface area contributed by atoms with Crippen LogP contribution in [-0.4, -0.2) is 23.4 Å². The Kier molecular flexibility index (Phi) is 5.65. The van der Waals surface area contributed by atoms with Gasteiger partial charge in [0.15, 0.2) is 0 Å². The van der Waals surface area contributed by atoms with Gasteiger partial charge in [0.1, 0.15) is 6.17 Å². The van der Waals surface area contributed by atoms with Crippen LogP contribution in [0.5, 0.6) is 0 Å². The lowest BCUT2D eigenvalue weighted by atomic mass is 10.0. The van der Waals surface area contributed by atoms with E-state index in [0.717, 1.165) is 31.4 Å². The molecule has 0 spiro atoms. The maximum absolute atomic E-state index is 12.6. The topological polar surface area (TPSA) is 32.3 Å². The van der Waals surface area contributed by atoms with Gasteiger partial charge in [-0.05, 0) is 36.5 Å². The summed E-state index contributed by atoms with van der Waals surface area (Å²) in [5.74, 6) is 0.722. The lowest BCUT2D eigenvalue weighted by Crippen LogP contribution is -2.32. The second-order valence-corrected chi connectivity index (χ2v) is 6.63. The van der Waals surface area contributed by atoms with Crippen LogP contribution < -0.4 is 5.32 Å². The van der Waals surface area contributed by atoms with E-state index in [1.54, 1.807) is 0 Å². The van der Waals surface area contributed by atoms with Crippen LogP contribution in [0.25, 0.3) is 0 Å². The van der Waals surface area contributed by atoms with Crippen molar-refractivity contribution in [3.63, 3.8) is 0 Å². The lowest BCUT2D eigenvalue weighted by Gasteiger charge is -2.24. The van der Waals surface area contributed by atoms with E-state index in [-0.39, 0.29) is 18.1 Å². The molecule has 1 fully saturated rings. The van der Waals surface area contributed by atoms with E-state index in [4.69, 9.17) is 11.6 Å². The molecular weight excluding hydrogens is 284 g/mol. The average molecular weight is 309 g/mol. The quantitative estimate of drug-likeness (QED) is 0.862. The van der Waals surface area contributed by atoms with Crippen LogP contribution in [0, 0.1) is 5.92 Å². The Balaban J connectivity index is 2.21. The standard InChI is InChI=1S/C17H25ClN2O/c1-4-5-9-20-16(13-7-6-8-14(18)11-13)19-15(17(20)21)10-12(2)3/h6-8,11-12,15-16,19H,4-5,9-10H2,1-3H3. The molecule has 21 heavy (non-hydrogen) atoms. The SMILES string of the molecule is CCCCN1C(=O)C(CC(C)C)NC1c1cccc(Cl)c1. The van der Waals surface area contributed by atoms with Crippen molar-refractivity contribution in [1.29, 1.82) is 0 Å². The third-order valence-corrected chi connectivity index (χ3v) is 4.11. The lowest BCUT2D eigenvalue weighted by molar-refractivity contribution is -0.130. The van der Waals surface area contributed by atoms with Crippen LogP contribution in [-0.2, 0) is 4.79 Å². The van der Waals surface area contributed by atoms with Crippen molar-refractivity contribution in [3.05, 3.63) is 34.9 Å². The summed E-state index contributed by atoms with van der Waals surface area (Å²) in [6.45, 7) is 7.25. The van der Waals surface area contributed by atoms with Crippen molar-refractivity contribution in [2.45, 2.75) is 52.2 Å². The maximum Gasteiger partial charge on any atom is 0.241 e. The summed E-state index contributed by atoms with van der Waals surface area (Å²) in [4.78, 5) is 14.6. The number of rotatable bonds is 6. The van der Waals surface area contributed by atoms with E-state index in [1.807, 2.05) is 29.2 Å². The number of carbonyl (C=O) groups is 1. The van der Waals surface area contributed by atoms with Gasteiger partial charge in [-0.3, -0.25) is 10.1 Å². The van der Waals surface area contributed by atoms with Gasteiger partial charge in [-0.25, -0.2) is 0 Å². The van der Waals surface area contributed by atoms with Gasteiger partial charge in [0.2, 0.25) is 5.91 Å². The summed E-state index contributed by atoms with van der Waals surface area (Å²) in [6, 6.07) is 7.71. The van der Waals surface area contributed by atoms with Crippen LogP contribution >= 0.6 is 11.6 Å². The molecule has 0 aliphatic carbocycles. The van der Waals surface area contributed by atoms with Gasteiger partial charge in [0.05, 0.1) is 6.04 Å². The minimum atomic E-state index is -0.0779. The first-order valence-electron chi connectivity index (χ1n) is 7.85. The summed E-state index contributed by atoms with van der Waals surface area (Å²) < 4.78 is 0. The van der Waals surface area contributed by atoms with Crippen molar-refractivity contribution >= 4 is 17.5 Å². The van der Waals surface area contributed by atoms with Crippen molar-refractivity contribution in [3.8, 4) is 0 Å². The Morgan fingerprint density at radius 2 is 2.14 bits per heavy atom. The molecule has 0 radical (unpaired) electrons. The highest BCUT2D eigenvalue weighted by atomic mass is 35.5. The minimum absolute atomic E-state index is 0.0495. The zero-order valence-electron chi connectivity index (χ0n) is 13.1. The molecular formula is C17H25ClN2O. The number of nitrogens with zero attached hydrogens (tertiary/aromatic N) is 1. The number of amides is 1. The molecule has 1 aromatic rings. The molecule has 2 atom stereocenters. The predicted molar refractivity (Wildman–Crippen MR) is 87.2 cm³/mol. The van der Waals surface area contributed by atoms with E-state index >= 15 is 0 Å². The van der Waals surface area contributed by atoms with Gasteiger partial charge >= 0.3 is 0 Å². The highest BCUT2D eigenvalue weighted by Crippen LogP contribution is 2.29. The van der Waals surface area contributed by atoms with Gasteiger partial charge in [0.25, 0.3) is 0 Å². The van der Waals surface area contributed by atoms with Crippen LogP contribution in [0.2, 0.25) is 5.02 Å². The monoisotopic (exact) mass is 308 g/mol. The van der Waals surface area contributed by atoms with Crippen molar-refractivity contribution in [2.75, 3.05) is 6.54 Å². The van der Waals surface area contributed by atoms with Gasteiger partial charge < -0.3 is 4.90 Å². The minimum Gasteiger partial charge on any atom is -0.322 e. The number of hydrogen-bond donors (Lipinski definition) is 1. The van der Waals surface area contributed by atoms with Crippen molar-refractivity contribution in [1.82, 2.24) is 10.2 Å². The molecule has 1 aliphatic rings. The van der Waals surface area contributed by atoms with Gasteiger partial charge in [-0.15, -0.1) is 0 Å². The van der Waals surface area contributed by atoms with Gasteiger partial charge in [0, 0.05) is 11.6 Å². The van der Waals surface area contributed by atoms with Crippen LogP contribution in [0.15, 0.2) is 24.3 Å². The molecule has 1 saturated heterocycles. The molecule has 0 bridgehead atoms. The van der Waals surface area contributed by atoms with E-state index in [2.05, 4.69) is 26.1 Å². The Morgan fingerprint density at radius 3 is 2.76 bits per heavy atom. The van der Waals surface area contributed by atoms with E-state index < -0.39 is 0 Å². The summed E-state index contributed by atoms with van der Waals surface area (Å²) in [5, 5.41) is 4.20. The zero-order valence-corrected chi connectivity index (χ0v) is 13.9. The number of benzene rings is 1. The molecule has 1 heterocycles. The number of halogens is 1. The third kappa shape index (κ3) is 3.98. The predicted octanol–water partition coefficient (Wildman–Crippen LogP) is 3.99. The number of nitrogens with one attached hydrogen (secondary N) is 1. The maximum atomic E-state index is 12.6. The number of hydrogen-bond acceptors (Lipinski definition) is 2. The fourth-order valence-electron chi connectivity index (χ4n) is 2.84. The van der Waals surface area contributed by atoms with Crippen LogP contribution in [0.1, 0.15) is 51.8 Å². The summed E-state index contributed by atoms with van der Waals surface area (Å²) in [5.41, 5.74) is 1.07. The first kappa shape index (κ1) is 16.3. The Hall–Kier alpha value is -1.06. The van der Waals surface area contributed by atoms with E-state index in [0.29, 0.717) is 10.9 Å². The number of carbonyl (C=O) groups excluding carboxylic acids is 1. The average Bonchev–Trinajstić information content (AvgIpc) is 2.73. The zero-order chi connectivity index (χ0) is 15.4. The molecule has 2 rings (SSSR count). The molecule has 1 amide bonds. The normalized spacial score (nSPS) is 22.3. The fraction of sp³-hybridized carbons (Fsp3) is 0.588. The second kappa shape index (κ2) is 7.28. The summed E-state index contributed by atoms with van der Waals surface area (Å²) >= 11 is 6.10. The second-order valence-electron chi connectivity index (χ2n) is 6.19. The molecule has 3 nitrogen and oxygen atoms in total. The van der Waals surface area contributed by atoms with Gasteiger partial charge in [-0.1, -0.05) is 50.9 Å². The fourth-order valence-corrected chi connectivity index (χ4v) is 3.04. The smallest absolute Gasteiger partial charge is 0.241 e. The summed E-state index contributed by atoms with van der Waals surface area (Å²) in [6.07, 6.45) is 2.93. The molecule has 116 valence electrons. The number of unbranched alkanes of at least 4 members (excludes halogenated alkanes) is 1. The molecule has 2 unspecified atom stereocenters. The highest BCUT2D eigenvalue weighted by Gasteiger charge is 2.39. The Bertz CT molecular complexity index is 489. The van der Waals surface area contributed by atoms with Crippen molar-refractivity contribution in [2.24, 2.45) is 5.92 Å². The Morgan fingerprint density at radius 1 is 1.38 bits per heavy atom. The largest absolute Gasteiger partial charge is 0.322 e. The molecule has 0 saturated carbocycles. The van der Waals surface area contributed by atoms with E-state index in [9.17, 15) is 4.79 Å². The van der Waals surface area contributed by atoms with Crippen LogP contribution in [0.3, 0.4) is 0 Å². The molecule has 1 N–H and O–H groups in total. The molecule has 0 aromatic heterocycles. The molecule has 1 aliphatic heterocycles. The first-order chi connectivity index (χ1) is 10.0.